The number of anilines is 1. The summed E-state index contributed by atoms with van der Waals surface area (Å²) in [6, 6.07) is 12.7. The highest BCUT2D eigenvalue weighted by atomic mass is 32.2. The molecular formula is C19H19N5O4S. The van der Waals surface area contributed by atoms with Crippen molar-refractivity contribution in [3.05, 3.63) is 42.5 Å². The SMILES string of the molecule is COc1ccc(-n2nnnc2S[C@H](C)C(=O)Nc2ccc3c(c2)OCCO3)cc1. The van der Waals surface area contributed by atoms with Crippen molar-refractivity contribution in [2.24, 2.45) is 0 Å². The number of aromatic nitrogens is 4. The molecule has 0 saturated carbocycles. The quantitative estimate of drug-likeness (QED) is 0.616. The number of hydrogen-bond donors (Lipinski definition) is 1. The van der Waals surface area contributed by atoms with Crippen molar-refractivity contribution in [1.29, 1.82) is 0 Å². The van der Waals surface area contributed by atoms with Crippen LogP contribution in [0, 0.1) is 0 Å². The summed E-state index contributed by atoms with van der Waals surface area (Å²) in [7, 11) is 1.61. The fourth-order valence-corrected chi connectivity index (χ4v) is 3.52. The van der Waals surface area contributed by atoms with E-state index in [2.05, 4.69) is 20.8 Å². The second-order valence-corrected chi connectivity index (χ2v) is 7.49. The standard InChI is InChI=1S/C19H19N5O4S/c1-12(18(25)20-13-3-8-16-17(11-13)28-10-9-27-16)29-19-21-22-23-24(19)14-4-6-15(26-2)7-5-14/h3-8,11-12H,9-10H2,1-2H3,(H,20,25)/t12-/m1/s1. The van der Waals surface area contributed by atoms with Crippen molar-refractivity contribution < 1.29 is 19.0 Å². The highest BCUT2D eigenvalue weighted by molar-refractivity contribution is 8.00. The lowest BCUT2D eigenvalue weighted by Crippen LogP contribution is -2.23. The summed E-state index contributed by atoms with van der Waals surface area (Å²) in [5, 5.41) is 14.8. The van der Waals surface area contributed by atoms with Gasteiger partial charge in [-0.3, -0.25) is 4.79 Å². The van der Waals surface area contributed by atoms with Crippen molar-refractivity contribution in [3.8, 4) is 22.9 Å². The second kappa shape index (κ2) is 8.39. The fraction of sp³-hybridized carbons (Fsp3) is 0.263. The molecule has 1 N–H and O–H groups in total. The predicted molar refractivity (Wildman–Crippen MR) is 107 cm³/mol. The minimum Gasteiger partial charge on any atom is -0.497 e. The molecule has 0 unspecified atom stereocenters. The van der Waals surface area contributed by atoms with Gasteiger partial charge < -0.3 is 19.5 Å². The van der Waals surface area contributed by atoms with Gasteiger partial charge in [0.2, 0.25) is 11.1 Å². The highest BCUT2D eigenvalue weighted by Crippen LogP contribution is 2.33. The zero-order valence-electron chi connectivity index (χ0n) is 15.9. The third-order valence-electron chi connectivity index (χ3n) is 4.22. The molecule has 0 radical (unpaired) electrons. The van der Waals surface area contributed by atoms with Crippen LogP contribution in [-0.2, 0) is 4.79 Å². The summed E-state index contributed by atoms with van der Waals surface area (Å²) in [4.78, 5) is 12.6. The molecule has 0 spiro atoms. The van der Waals surface area contributed by atoms with E-state index in [9.17, 15) is 4.79 Å². The summed E-state index contributed by atoms with van der Waals surface area (Å²) in [6.45, 7) is 2.81. The van der Waals surface area contributed by atoms with Gasteiger partial charge in [0.05, 0.1) is 18.0 Å². The van der Waals surface area contributed by atoms with E-state index >= 15 is 0 Å². The Morgan fingerprint density at radius 3 is 2.69 bits per heavy atom. The first kappa shape index (κ1) is 19.1. The van der Waals surface area contributed by atoms with Gasteiger partial charge in [-0.25, -0.2) is 0 Å². The number of benzene rings is 2. The van der Waals surface area contributed by atoms with E-state index in [-0.39, 0.29) is 5.91 Å². The number of nitrogens with zero attached hydrogens (tertiary/aromatic N) is 4. The first-order valence-corrected chi connectivity index (χ1v) is 9.82. The highest BCUT2D eigenvalue weighted by Gasteiger charge is 2.20. The maximum Gasteiger partial charge on any atom is 0.237 e. The summed E-state index contributed by atoms with van der Waals surface area (Å²) in [5.74, 6) is 1.87. The maximum absolute atomic E-state index is 12.6. The lowest BCUT2D eigenvalue weighted by Gasteiger charge is -2.19. The Morgan fingerprint density at radius 2 is 1.93 bits per heavy atom. The average molecular weight is 413 g/mol. The van der Waals surface area contributed by atoms with Crippen LogP contribution in [0.4, 0.5) is 5.69 Å². The lowest BCUT2D eigenvalue weighted by molar-refractivity contribution is -0.115. The average Bonchev–Trinajstić information content (AvgIpc) is 3.21. The number of hydrogen-bond acceptors (Lipinski definition) is 8. The van der Waals surface area contributed by atoms with Crippen molar-refractivity contribution in [1.82, 2.24) is 20.2 Å². The Morgan fingerprint density at radius 1 is 1.17 bits per heavy atom. The van der Waals surface area contributed by atoms with Gasteiger partial charge in [-0.15, -0.1) is 5.10 Å². The molecule has 29 heavy (non-hydrogen) atoms. The first-order valence-electron chi connectivity index (χ1n) is 8.94. The van der Waals surface area contributed by atoms with E-state index in [4.69, 9.17) is 14.2 Å². The zero-order chi connectivity index (χ0) is 20.2. The topological polar surface area (TPSA) is 100 Å². The van der Waals surface area contributed by atoms with Crippen LogP contribution >= 0.6 is 11.8 Å². The van der Waals surface area contributed by atoms with Gasteiger partial charge in [-0.05, 0) is 53.7 Å². The number of carbonyl (C=O) groups excluding carboxylic acids is 1. The molecule has 1 amide bonds. The number of tetrazole rings is 1. The molecular weight excluding hydrogens is 394 g/mol. The summed E-state index contributed by atoms with van der Waals surface area (Å²) in [5.41, 5.74) is 1.42. The van der Waals surface area contributed by atoms with E-state index in [1.807, 2.05) is 24.3 Å². The van der Waals surface area contributed by atoms with Crippen LogP contribution in [0.1, 0.15) is 6.92 Å². The van der Waals surface area contributed by atoms with Gasteiger partial charge in [0, 0.05) is 11.8 Å². The Bertz CT molecular complexity index is 1010. The molecule has 1 aliphatic heterocycles. The summed E-state index contributed by atoms with van der Waals surface area (Å²) in [6.07, 6.45) is 0. The fourth-order valence-electron chi connectivity index (χ4n) is 2.71. The molecule has 0 fully saturated rings. The molecule has 0 aliphatic carbocycles. The number of carbonyl (C=O) groups is 1. The number of thioether (sulfide) groups is 1. The van der Waals surface area contributed by atoms with Gasteiger partial charge in [0.1, 0.15) is 19.0 Å². The number of ether oxygens (including phenoxy) is 3. The molecule has 3 aromatic rings. The van der Waals surface area contributed by atoms with E-state index in [1.54, 1.807) is 36.9 Å². The molecule has 9 nitrogen and oxygen atoms in total. The largest absolute Gasteiger partial charge is 0.497 e. The molecule has 1 aliphatic rings. The van der Waals surface area contributed by atoms with E-state index < -0.39 is 5.25 Å². The van der Waals surface area contributed by atoms with E-state index in [0.29, 0.717) is 35.6 Å². The van der Waals surface area contributed by atoms with Gasteiger partial charge in [-0.2, -0.15) is 4.68 Å². The minimum atomic E-state index is -0.425. The van der Waals surface area contributed by atoms with E-state index in [1.165, 1.54) is 11.8 Å². The number of fused-ring (bicyclic) bond motifs is 1. The Kier molecular flexibility index (Phi) is 5.52. The van der Waals surface area contributed by atoms with Crippen LogP contribution in [0.3, 0.4) is 0 Å². The number of nitrogens with one attached hydrogen (secondary N) is 1. The van der Waals surface area contributed by atoms with E-state index in [0.717, 1.165) is 11.4 Å². The molecule has 1 atom stereocenters. The molecule has 2 aromatic carbocycles. The van der Waals surface area contributed by atoms with Crippen molar-refractivity contribution in [2.45, 2.75) is 17.3 Å². The molecule has 0 saturated heterocycles. The lowest BCUT2D eigenvalue weighted by atomic mass is 10.2. The maximum atomic E-state index is 12.6. The number of rotatable bonds is 6. The van der Waals surface area contributed by atoms with Gasteiger partial charge in [0.25, 0.3) is 0 Å². The zero-order valence-corrected chi connectivity index (χ0v) is 16.7. The van der Waals surface area contributed by atoms with Crippen molar-refractivity contribution in [2.75, 3.05) is 25.6 Å². The monoisotopic (exact) mass is 413 g/mol. The molecule has 1 aromatic heterocycles. The Balaban J connectivity index is 1.43. The van der Waals surface area contributed by atoms with Gasteiger partial charge in [0.15, 0.2) is 11.5 Å². The Labute approximate surface area is 171 Å². The van der Waals surface area contributed by atoms with Crippen LogP contribution in [0.15, 0.2) is 47.6 Å². The smallest absolute Gasteiger partial charge is 0.237 e. The molecule has 150 valence electrons. The molecule has 4 rings (SSSR count). The third-order valence-corrected chi connectivity index (χ3v) is 5.25. The molecule has 0 bridgehead atoms. The van der Waals surface area contributed by atoms with Crippen LogP contribution in [0.5, 0.6) is 17.2 Å². The summed E-state index contributed by atoms with van der Waals surface area (Å²) >= 11 is 1.27. The van der Waals surface area contributed by atoms with Crippen molar-refractivity contribution in [3.63, 3.8) is 0 Å². The van der Waals surface area contributed by atoms with Crippen LogP contribution < -0.4 is 19.5 Å². The van der Waals surface area contributed by atoms with Crippen LogP contribution in [-0.4, -0.2) is 51.7 Å². The minimum absolute atomic E-state index is 0.170. The van der Waals surface area contributed by atoms with Crippen molar-refractivity contribution >= 4 is 23.4 Å². The first-order chi connectivity index (χ1) is 14.1. The second-order valence-electron chi connectivity index (χ2n) is 6.18. The normalized spacial score (nSPS) is 13.6. The van der Waals surface area contributed by atoms with Crippen LogP contribution in [0.25, 0.3) is 5.69 Å². The van der Waals surface area contributed by atoms with Crippen LogP contribution in [0.2, 0.25) is 0 Å². The molecule has 10 heteroatoms. The molecule has 2 heterocycles. The summed E-state index contributed by atoms with van der Waals surface area (Å²) < 4.78 is 17.8. The van der Waals surface area contributed by atoms with Gasteiger partial charge in [-0.1, -0.05) is 11.8 Å². The predicted octanol–water partition coefficient (Wildman–Crippen LogP) is 2.56. The number of methoxy groups -OCH3 is 1. The van der Waals surface area contributed by atoms with Gasteiger partial charge >= 0.3 is 0 Å². The Hall–Kier alpha value is -3.27. The number of amides is 1. The third kappa shape index (κ3) is 4.27.